The van der Waals surface area contributed by atoms with Crippen LogP contribution in [0.2, 0.25) is 0 Å². The molecule has 1 atom stereocenters. The fraction of sp³-hybridized carbons (Fsp3) is 0.368. The van der Waals surface area contributed by atoms with Gasteiger partial charge in [0.1, 0.15) is 23.2 Å². The van der Waals surface area contributed by atoms with E-state index in [4.69, 9.17) is 9.72 Å². The molecule has 0 aromatic carbocycles. The molecule has 3 aromatic rings. The fourth-order valence-corrected chi connectivity index (χ4v) is 3.86. The number of rotatable bonds is 3. The molecule has 150 valence electrons. The molecule has 1 N–H and O–H groups in total. The van der Waals surface area contributed by atoms with E-state index >= 15 is 0 Å². The second-order valence-corrected chi connectivity index (χ2v) is 9.76. The number of hydrogen-bond acceptors (Lipinski definition) is 8. The Morgan fingerprint density at radius 3 is 2.93 bits per heavy atom. The molecule has 0 bridgehead atoms. The Hall–Kier alpha value is -3.03. The third kappa shape index (κ3) is 4.06. The van der Waals surface area contributed by atoms with Gasteiger partial charge in [-0.15, -0.1) is 0 Å². The van der Waals surface area contributed by atoms with E-state index in [1.54, 1.807) is 36.9 Å². The standard InChI is InChI=1S/C19H21N7O2S/c1-12-11-28-7-6-26(12)17-9-16(25-29(2,3)27)23-19(24-17)14-4-5-21-18-15(14)8-13(10-20)22-18/h4-5,8-9,12H,6-7,11H2,1-3H3,(H,21,22)/t12-/m1/s1. The molecule has 1 aliphatic heterocycles. The van der Waals surface area contributed by atoms with Gasteiger partial charge >= 0.3 is 0 Å². The molecule has 3 aromatic heterocycles. The lowest BCUT2D eigenvalue weighted by atomic mass is 10.1. The topological polar surface area (TPSA) is 120 Å². The van der Waals surface area contributed by atoms with E-state index in [9.17, 15) is 9.47 Å². The van der Waals surface area contributed by atoms with E-state index < -0.39 is 9.73 Å². The number of aromatic nitrogens is 4. The first-order valence-corrected chi connectivity index (χ1v) is 11.5. The number of fused-ring (bicyclic) bond motifs is 1. The number of hydrogen-bond donors (Lipinski definition) is 1. The van der Waals surface area contributed by atoms with Crippen molar-refractivity contribution in [2.75, 3.05) is 37.2 Å². The summed E-state index contributed by atoms with van der Waals surface area (Å²) in [6.07, 6.45) is 4.78. The lowest BCUT2D eigenvalue weighted by Gasteiger charge is -2.34. The first-order valence-electron chi connectivity index (χ1n) is 9.13. The van der Waals surface area contributed by atoms with Crippen molar-refractivity contribution in [1.82, 2.24) is 19.9 Å². The maximum absolute atomic E-state index is 12.3. The van der Waals surface area contributed by atoms with Gasteiger partial charge in [-0.1, -0.05) is 0 Å². The third-order valence-electron chi connectivity index (χ3n) is 4.57. The number of nitrogens with zero attached hydrogens (tertiary/aromatic N) is 6. The summed E-state index contributed by atoms with van der Waals surface area (Å²) in [6, 6.07) is 7.52. The van der Waals surface area contributed by atoms with Crippen molar-refractivity contribution >= 4 is 32.4 Å². The van der Waals surface area contributed by atoms with E-state index in [1.807, 2.05) is 0 Å². The van der Waals surface area contributed by atoms with Crippen LogP contribution >= 0.6 is 0 Å². The molecule has 0 unspecified atom stereocenters. The molecule has 0 amide bonds. The van der Waals surface area contributed by atoms with Crippen molar-refractivity contribution in [2.24, 2.45) is 4.36 Å². The van der Waals surface area contributed by atoms with Crippen molar-refractivity contribution in [1.29, 1.82) is 5.26 Å². The van der Waals surface area contributed by atoms with Gasteiger partial charge in [0.2, 0.25) is 0 Å². The molecule has 4 rings (SSSR count). The van der Waals surface area contributed by atoms with Crippen molar-refractivity contribution in [3.63, 3.8) is 0 Å². The van der Waals surface area contributed by atoms with Gasteiger partial charge in [-0.3, -0.25) is 0 Å². The largest absolute Gasteiger partial charge is 0.377 e. The minimum Gasteiger partial charge on any atom is -0.377 e. The highest BCUT2D eigenvalue weighted by Crippen LogP contribution is 2.30. The van der Waals surface area contributed by atoms with Crippen molar-refractivity contribution in [2.45, 2.75) is 13.0 Å². The van der Waals surface area contributed by atoms with E-state index in [-0.39, 0.29) is 6.04 Å². The third-order valence-corrected chi connectivity index (χ3v) is 5.19. The predicted octanol–water partition coefficient (Wildman–Crippen LogP) is 2.48. The Balaban J connectivity index is 1.92. The summed E-state index contributed by atoms with van der Waals surface area (Å²) < 4.78 is 22.1. The van der Waals surface area contributed by atoms with E-state index in [0.717, 1.165) is 10.9 Å². The molecule has 10 heteroatoms. The average molecular weight is 411 g/mol. The Morgan fingerprint density at radius 2 is 2.21 bits per heavy atom. The Bertz CT molecular complexity index is 1230. The minimum atomic E-state index is -2.40. The number of ether oxygens (including phenoxy) is 1. The number of morpholine rings is 1. The molecule has 0 saturated carbocycles. The van der Waals surface area contributed by atoms with Crippen LogP contribution in [0.3, 0.4) is 0 Å². The SMILES string of the molecule is C[C@@H]1COCCN1c1cc(N=S(C)(C)=O)nc(-c2ccnc3[nH]c(C#N)cc23)n1. The van der Waals surface area contributed by atoms with Gasteiger partial charge in [0.05, 0.1) is 19.3 Å². The average Bonchev–Trinajstić information content (AvgIpc) is 3.10. The molecule has 1 saturated heterocycles. The zero-order valence-electron chi connectivity index (χ0n) is 16.4. The molecule has 0 aliphatic carbocycles. The maximum atomic E-state index is 12.3. The van der Waals surface area contributed by atoms with Gasteiger partial charge < -0.3 is 14.6 Å². The van der Waals surface area contributed by atoms with Gasteiger partial charge in [-0.05, 0) is 19.1 Å². The van der Waals surface area contributed by atoms with Crippen LogP contribution in [-0.2, 0) is 14.5 Å². The second-order valence-electron chi connectivity index (χ2n) is 7.21. The van der Waals surface area contributed by atoms with E-state index in [1.165, 1.54) is 0 Å². The Labute approximate surface area is 168 Å². The second kappa shape index (κ2) is 7.42. The van der Waals surface area contributed by atoms with Crippen molar-refractivity contribution in [3.05, 3.63) is 30.1 Å². The zero-order chi connectivity index (χ0) is 20.6. The molecule has 1 aliphatic rings. The fourth-order valence-electron chi connectivity index (χ4n) is 3.31. The first-order chi connectivity index (χ1) is 13.8. The molecule has 29 heavy (non-hydrogen) atoms. The number of nitrogens with one attached hydrogen (secondary N) is 1. The van der Waals surface area contributed by atoms with Crippen LogP contribution in [0, 0.1) is 11.3 Å². The smallest absolute Gasteiger partial charge is 0.167 e. The summed E-state index contributed by atoms with van der Waals surface area (Å²) in [5.74, 6) is 1.51. The lowest BCUT2D eigenvalue weighted by molar-refractivity contribution is 0.0985. The van der Waals surface area contributed by atoms with Gasteiger partial charge in [0, 0.05) is 52.0 Å². The van der Waals surface area contributed by atoms with Crippen LogP contribution in [0.4, 0.5) is 11.6 Å². The predicted molar refractivity (Wildman–Crippen MR) is 112 cm³/mol. The van der Waals surface area contributed by atoms with Gasteiger partial charge in [-0.2, -0.15) is 9.62 Å². The summed E-state index contributed by atoms with van der Waals surface area (Å²) in [4.78, 5) is 18.7. The summed E-state index contributed by atoms with van der Waals surface area (Å²) in [5.41, 5.74) is 1.72. The molecular formula is C19H21N7O2S. The quantitative estimate of drug-likeness (QED) is 0.703. The van der Waals surface area contributed by atoms with Crippen LogP contribution in [-0.4, -0.2) is 62.5 Å². The number of nitriles is 1. The zero-order valence-corrected chi connectivity index (χ0v) is 17.2. The monoisotopic (exact) mass is 411 g/mol. The molecule has 0 radical (unpaired) electrons. The number of pyridine rings is 1. The molecule has 0 spiro atoms. The van der Waals surface area contributed by atoms with Gasteiger partial charge in [0.15, 0.2) is 11.6 Å². The highest BCUT2D eigenvalue weighted by Gasteiger charge is 2.22. The van der Waals surface area contributed by atoms with Gasteiger partial charge in [-0.25, -0.2) is 19.2 Å². The Morgan fingerprint density at radius 1 is 1.38 bits per heavy atom. The normalized spacial score (nSPS) is 17.3. The summed E-state index contributed by atoms with van der Waals surface area (Å²) >= 11 is 0. The highest BCUT2D eigenvalue weighted by molar-refractivity contribution is 7.92. The molecular weight excluding hydrogens is 390 g/mol. The van der Waals surface area contributed by atoms with E-state index in [0.29, 0.717) is 48.6 Å². The first kappa shape index (κ1) is 19.3. The highest BCUT2D eigenvalue weighted by atomic mass is 32.2. The lowest BCUT2D eigenvalue weighted by Crippen LogP contribution is -2.44. The summed E-state index contributed by atoms with van der Waals surface area (Å²) in [6.45, 7) is 3.97. The Kier molecular flexibility index (Phi) is 4.94. The molecule has 9 nitrogen and oxygen atoms in total. The van der Waals surface area contributed by atoms with Crippen molar-refractivity contribution in [3.8, 4) is 17.5 Å². The van der Waals surface area contributed by atoms with Crippen LogP contribution < -0.4 is 4.90 Å². The number of anilines is 1. The maximum Gasteiger partial charge on any atom is 0.167 e. The van der Waals surface area contributed by atoms with Crippen LogP contribution in [0.5, 0.6) is 0 Å². The van der Waals surface area contributed by atoms with E-state index in [2.05, 4.69) is 37.2 Å². The number of aromatic amines is 1. The van der Waals surface area contributed by atoms with Crippen molar-refractivity contribution < 1.29 is 8.95 Å². The summed E-state index contributed by atoms with van der Waals surface area (Å²) in [7, 11) is -2.40. The van der Waals surface area contributed by atoms with Crippen LogP contribution in [0.15, 0.2) is 28.8 Å². The van der Waals surface area contributed by atoms with Crippen LogP contribution in [0.1, 0.15) is 12.6 Å². The summed E-state index contributed by atoms with van der Waals surface area (Å²) in [5, 5.41) is 9.96. The number of H-pyrrole nitrogens is 1. The molecule has 4 heterocycles. The minimum absolute atomic E-state index is 0.141. The molecule has 1 fully saturated rings. The van der Waals surface area contributed by atoms with Gasteiger partial charge in [0.25, 0.3) is 0 Å². The van der Waals surface area contributed by atoms with Crippen LogP contribution in [0.25, 0.3) is 22.4 Å².